The molecule has 4 atom stereocenters. The monoisotopic (exact) mass is 274 g/mol. The van der Waals surface area contributed by atoms with Crippen molar-refractivity contribution in [3.63, 3.8) is 0 Å². The Labute approximate surface area is 114 Å². The van der Waals surface area contributed by atoms with Gasteiger partial charge in [-0.3, -0.25) is 0 Å². The Morgan fingerprint density at radius 3 is 2.94 bits per heavy atom. The average molecular weight is 274 g/mol. The van der Waals surface area contributed by atoms with E-state index in [0.29, 0.717) is 31.2 Å². The van der Waals surface area contributed by atoms with Crippen LogP contribution in [0, 0.1) is 5.92 Å². The minimum absolute atomic E-state index is 0.304. The van der Waals surface area contributed by atoms with Crippen LogP contribution >= 0.6 is 0 Å². The maximum absolute atomic E-state index is 9.79. The summed E-state index contributed by atoms with van der Waals surface area (Å²) in [7, 11) is 1.24. The first-order valence-electron chi connectivity index (χ1n) is 7.38. The van der Waals surface area contributed by atoms with E-state index in [1.54, 1.807) is 0 Å². The average Bonchev–Trinajstić information content (AvgIpc) is 2.36. The van der Waals surface area contributed by atoms with Crippen LogP contribution in [-0.4, -0.2) is 53.3 Å². The Balaban J connectivity index is 2.05. The Hall–Kier alpha value is 0.0569. The Bertz CT molecular complexity index is 219. The number of ether oxygens (including phenoxy) is 1. The fourth-order valence-electron chi connectivity index (χ4n) is 2.37. The minimum Gasteiger partial charge on any atom is -0.389 e. The fourth-order valence-corrected chi connectivity index (χ4v) is 2.66. The van der Waals surface area contributed by atoms with Crippen LogP contribution in [0.4, 0.5) is 0 Å². The molecule has 4 nitrogen and oxygen atoms in total. The molecule has 1 fully saturated rings. The topological polar surface area (TPSA) is 67.5 Å². The highest BCUT2D eigenvalue weighted by Gasteiger charge is 2.24. The number of aliphatic hydroxyl groups excluding tert-OH is 1. The lowest BCUT2D eigenvalue weighted by atomic mass is 9.83. The van der Waals surface area contributed by atoms with Crippen molar-refractivity contribution in [3.05, 3.63) is 0 Å². The third-order valence-electron chi connectivity index (χ3n) is 3.85. The summed E-state index contributed by atoms with van der Waals surface area (Å²) in [5, 5.41) is 13.2. The van der Waals surface area contributed by atoms with E-state index < -0.39 is 6.10 Å². The zero-order valence-corrected chi connectivity index (χ0v) is 13.9. The maximum atomic E-state index is 9.79. The zero-order valence-electron chi connectivity index (χ0n) is 11.9. The van der Waals surface area contributed by atoms with Crippen LogP contribution in [0.2, 0.25) is 6.04 Å². The van der Waals surface area contributed by atoms with Gasteiger partial charge in [0.2, 0.25) is 0 Å². The molecular formula is C13H30N2O2Si. The summed E-state index contributed by atoms with van der Waals surface area (Å²) in [6.07, 6.45) is 4.11. The molecule has 0 bridgehead atoms. The van der Waals surface area contributed by atoms with Gasteiger partial charge >= 0.3 is 0 Å². The molecule has 108 valence electrons. The van der Waals surface area contributed by atoms with Gasteiger partial charge in [0.15, 0.2) is 0 Å². The molecule has 0 aliphatic heterocycles. The fraction of sp³-hybridized carbons (Fsp3) is 1.00. The van der Waals surface area contributed by atoms with Crippen molar-refractivity contribution >= 4 is 10.2 Å². The molecule has 0 aromatic rings. The van der Waals surface area contributed by atoms with E-state index in [0.717, 1.165) is 19.4 Å². The molecule has 0 spiro atoms. The maximum Gasteiger partial charge on any atom is 0.0897 e. The summed E-state index contributed by atoms with van der Waals surface area (Å²) in [5.41, 5.74) is 6.06. The minimum atomic E-state index is -0.394. The lowest BCUT2D eigenvalue weighted by Crippen LogP contribution is -2.45. The highest BCUT2D eigenvalue weighted by Crippen LogP contribution is 2.22. The molecule has 1 saturated carbocycles. The smallest absolute Gasteiger partial charge is 0.0897 e. The third-order valence-corrected chi connectivity index (χ3v) is 4.56. The van der Waals surface area contributed by atoms with Gasteiger partial charge < -0.3 is 20.9 Å². The van der Waals surface area contributed by atoms with Crippen LogP contribution in [0.5, 0.6) is 0 Å². The summed E-state index contributed by atoms with van der Waals surface area (Å²) >= 11 is 0. The van der Waals surface area contributed by atoms with Gasteiger partial charge in [0.1, 0.15) is 0 Å². The normalized spacial score (nSPS) is 30.5. The van der Waals surface area contributed by atoms with Crippen LogP contribution in [-0.2, 0) is 4.74 Å². The number of rotatable bonds is 8. The molecule has 0 heterocycles. The number of hydrogen-bond donors (Lipinski definition) is 3. The van der Waals surface area contributed by atoms with Crippen molar-refractivity contribution in [2.45, 2.75) is 56.8 Å². The Morgan fingerprint density at radius 1 is 1.50 bits per heavy atom. The third kappa shape index (κ3) is 6.29. The van der Waals surface area contributed by atoms with E-state index in [2.05, 4.69) is 12.2 Å². The van der Waals surface area contributed by atoms with E-state index in [4.69, 9.17) is 10.5 Å². The molecule has 0 saturated heterocycles. The number of nitrogens with one attached hydrogen (secondary N) is 1. The summed E-state index contributed by atoms with van der Waals surface area (Å²) in [4.78, 5) is 0. The predicted molar refractivity (Wildman–Crippen MR) is 79.0 cm³/mol. The molecule has 0 radical (unpaired) electrons. The van der Waals surface area contributed by atoms with E-state index in [-0.39, 0.29) is 0 Å². The van der Waals surface area contributed by atoms with Crippen LogP contribution in [0.25, 0.3) is 0 Å². The van der Waals surface area contributed by atoms with Gasteiger partial charge in [0, 0.05) is 35.5 Å². The van der Waals surface area contributed by atoms with E-state index in [1.807, 2.05) is 0 Å². The van der Waals surface area contributed by atoms with Gasteiger partial charge in [-0.25, -0.2) is 0 Å². The predicted octanol–water partition coefficient (Wildman–Crippen LogP) is -0.357. The standard InChI is InChI=1S/C13H30N2O2Si/c1-10-3-4-11(7-13(10)14)15-8-12(16)9-17-5-2-6-18/h10-13,15-16H,2-9,14H2,1,18H3/t10-,11?,12?,13?/m1/s1. The van der Waals surface area contributed by atoms with E-state index in [9.17, 15) is 5.11 Å². The van der Waals surface area contributed by atoms with Gasteiger partial charge in [0.25, 0.3) is 0 Å². The second kappa shape index (κ2) is 9.04. The van der Waals surface area contributed by atoms with Crippen LogP contribution in [0.1, 0.15) is 32.6 Å². The lowest BCUT2D eigenvalue weighted by Gasteiger charge is -2.32. The zero-order chi connectivity index (χ0) is 13.4. The van der Waals surface area contributed by atoms with Gasteiger partial charge in [0.05, 0.1) is 12.7 Å². The molecule has 0 aromatic heterocycles. The van der Waals surface area contributed by atoms with Crippen molar-refractivity contribution < 1.29 is 9.84 Å². The van der Waals surface area contributed by atoms with Gasteiger partial charge in [-0.1, -0.05) is 13.0 Å². The summed E-state index contributed by atoms with van der Waals surface area (Å²) < 4.78 is 5.42. The molecule has 4 N–H and O–H groups in total. The molecule has 18 heavy (non-hydrogen) atoms. The highest BCUT2D eigenvalue weighted by molar-refractivity contribution is 6.08. The van der Waals surface area contributed by atoms with Crippen LogP contribution < -0.4 is 11.1 Å². The van der Waals surface area contributed by atoms with Gasteiger partial charge in [-0.05, 0) is 31.6 Å². The van der Waals surface area contributed by atoms with Gasteiger partial charge in [-0.2, -0.15) is 0 Å². The first-order valence-corrected chi connectivity index (χ1v) is 8.79. The second-order valence-electron chi connectivity index (χ2n) is 5.64. The highest BCUT2D eigenvalue weighted by atomic mass is 28.1. The molecule has 0 aromatic carbocycles. The molecule has 1 aliphatic rings. The number of hydrogen-bond acceptors (Lipinski definition) is 4. The first-order chi connectivity index (χ1) is 8.63. The molecule has 5 heteroatoms. The van der Waals surface area contributed by atoms with E-state index >= 15 is 0 Å². The molecule has 1 aliphatic carbocycles. The largest absolute Gasteiger partial charge is 0.389 e. The SMILES string of the molecule is C[C@@H]1CCC(NCC(O)COCCC[SiH3])CC1N. The first kappa shape index (κ1) is 16.1. The van der Waals surface area contributed by atoms with Crippen LogP contribution in [0.15, 0.2) is 0 Å². The quantitative estimate of drug-likeness (QED) is 0.418. The lowest BCUT2D eigenvalue weighted by molar-refractivity contribution is 0.0348. The molecule has 0 amide bonds. The van der Waals surface area contributed by atoms with Crippen LogP contribution in [0.3, 0.4) is 0 Å². The van der Waals surface area contributed by atoms with Gasteiger partial charge in [-0.15, -0.1) is 0 Å². The summed E-state index contributed by atoms with van der Waals surface area (Å²) in [6, 6.07) is 2.04. The molecule has 1 rings (SSSR count). The number of nitrogens with two attached hydrogens (primary N) is 1. The Kier molecular flexibility index (Phi) is 8.09. The van der Waals surface area contributed by atoms with Crippen molar-refractivity contribution in [2.24, 2.45) is 11.7 Å². The molecule has 3 unspecified atom stereocenters. The van der Waals surface area contributed by atoms with Crippen molar-refractivity contribution in [1.29, 1.82) is 0 Å². The Morgan fingerprint density at radius 2 is 2.28 bits per heavy atom. The van der Waals surface area contributed by atoms with Crippen molar-refractivity contribution in [1.82, 2.24) is 5.32 Å². The number of aliphatic hydroxyl groups is 1. The van der Waals surface area contributed by atoms with Crippen molar-refractivity contribution in [3.8, 4) is 0 Å². The molecular weight excluding hydrogens is 244 g/mol. The van der Waals surface area contributed by atoms with Crippen molar-refractivity contribution in [2.75, 3.05) is 19.8 Å². The summed E-state index contributed by atoms with van der Waals surface area (Å²) in [6.45, 7) is 4.07. The second-order valence-corrected chi connectivity index (χ2v) is 6.64. The summed E-state index contributed by atoms with van der Waals surface area (Å²) in [5.74, 6) is 0.633. The van der Waals surface area contributed by atoms with E-state index in [1.165, 1.54) is 29.1 Å².